The summed E-state index contributed by atoms with van der Waals surface area (Å²) >= 11 is 3.48. The van der Waals surface area contributed by atoms with Crippen LogP contribution in [0.4, 0.5) is 0 Å². The molecule has 0 amide bonds. The first kappa shape index (κ1) is 15.7. The molecule has 1 N–H and O–H groups in total. The van der Waals surface area contributed by atoms with Gasteiger partial charge in [-0.2, -0.15) is 0 Å². The van der Waals surface area contributed by atoms with Crippen molar-refractivity contribution in [1.82, 2.24) is 19.9 Å². The smallest absolute Gasteiger partial charge is 0.307 e. The quantitative estimate of drug-likeness (QED) is 0.862. The topological polar surface area (TPSA) is 71.2 Å². The fourth-order valence-electron chi connectivity index (χ4n) is 2.01. The molecule has 2 aromatic rings. The number of hydrogen-bond acceptors (Lipinski definition) is 4. The van der Waals surface area contributed by atoms with Gasteiger partial charge < -0.3 is 5.11 Å². The number of aliphatic carboxylic acids is 1. The Bertz CT molecular complexity index is 629. The van der Waals surface area contributed by atoms with E-state index in [1.165, 1.54) is 0 Å². The number of benzene rings is 1. The lowest BCUT2D eigenvalue weighted by atomic mass is 10.2. The Hall–Kier alpha value is -1.73. The van der Waals surface area contributed by atoms with Gasteiger partial charge >= 0.3 is 5.97 Å². The Balaban J connectivity index is 2.04. The van der Waals surface area contributed by atoms with E-state index >= 15 is 0 Å². The fourth-order valence-corrected chi connectivity index (χ4v) is 2.48. The highest BCUT2D eigenvalue weighted by atomic mass is 79.9. The van der Waals surface area contributed by atoms with Crippen molar-refractivity contribution in [3.8, 4) is 5.69 Å². The molecular formula is C14H17BrN4O2. The van der Waals surface area contributed by atoms with E-state index in [1.54, 1.807) is 11.6 Å². The standard InChI is InChI=1S/C14H17BrN4O2/c1-10(14(20)21)7-18(2)8-11-9-19(17-16-11)13-6-4-3-5-12(13)15/h3-6,9-10H,7-8H2,1-2H3,(H,20,21). The summed E-state index contributed by atoms with van der Waals surface area (Å²) < 4.78 is 2.64. The van der Waals surface area contributed by atoms with Crippen LogP contribution in [-0.2, 0) is 11.3 Å². The molecule has 1 unspecified atom stereocenters. The lowest BCUT2D eigenvalue weighted by molar-refractivity contribution is -0.141. The minimum atomic E-state index is -0.793. The van der Waals surface area contributed by atoms with Crippen molar-refractivity contribution >= 4 is 21.9 Å². The van der Waals surface area contributed by atoms with Gasteiger partial charge in [-0.15, -0.1) is 5.10 Å². The Morgan fingerprint density at radius 1 is 1.48 bits per heavy atom. The Labute approximate surface area is 131 Å². The largest absolute Gasteiger partial charge is 0.481 e. The summed E-state index contributed by atoms with van der Waals surface area (Å²) in [4.78, 5) is 12.8. The molecule has 21 heavy (non-hydrogen) atoms. The van der Waals surface area contributed by atoms with E-state index in [4.69, 9.17) is 5.11 Å². The number of para-hydroxylation sites is 1. The first-order valence-electron chi connectivity index (χ1n) is 6.55. The van der Waals surface area contributed by atoms with Crippen LogP contribution in [0.1, 0.15) is 12.6 Å². The highest BCUT2D eigenvalue weighted by Crippen LogP contribution is 2.19. The Kier molecular flexibility index (Phi) is 5.08. The predicted octanol–water partition coefficient (Wildman–Crippen LogP) is 2.18. The molecule has 1 heterocycles. The molecule has 0 radical (unpaired) electrons. The van der Waals surface area contributed by atoms with Crippen molar-refractivity contribution < 1.29 is 9.90 Å². The molecule has 1 aromatic carbocycles. The molecular weight excluding hydrogens is 336 g/mol. The fraction of sp³-hybridized carbons (Fsp3) is 0.357. The van der Waals surface area contributed by atoms with E-state index in [1.807, 2.05) is 42.4 Å². The van der Waals surface area contributed by atoms with E-state index < -0.39 is 11.9 Å². The third-order valence-corrected chi connectivity index (χ3v) is 3.75. The third kappa shape index (κ3) is 4.12. The third-order valence-electron chi connectivity index (χ3n) is 3.08. The van der Waals surface area contributed by atoms with Crippen molar-refractivity contribution in [3.63, 3.8) is 0 Å². The molecule has 6 nitrogen and oxygen atoms in total. The summed E-state index contributed by atoms with van der Waals surface area (Å²) in [5.41, 5.74) is 1.71. The maximum Gasteiger partial charge on any atom is 0.307 e. The molecule has 0 aliphatic rings. The summed E-state index contributed by atoms with van der Waals surface area (Å²) in [6.45, 7) is 2.72. The van der Waals surface area contributed by atoms with Gasteiger partial charge in [0.1, 0.15) is 0 Å². The summed E-state index contributed by atoms with van der Waals surface area (Å²) in [6, 6.07) is 7.75. The van der Waals surface area contributed by atoms with Crippen LogP contribution in [0.5, 0.6) is 0 Å². The lowest BCUT2D eigenvalue weighted by Crippen LogP contribution is -2.28. The molecule has 2 rings (SSSR count). The molecule has 0 bridgehead atoms. The van der Waals surface area contributed by atoms with Crippen LogP contribution >= 0.6 is 15.9 Å². The number of halogens is 1. The normalized spacial score (nSPS) is 12.6. The first-order valence-corrected chi connectivity index (χ1v) is 7.34. The van der Waals surface area contributed by atoms with Crippen LogP contribution < -0.4 is 0 Å². The molecule has 0 aliphatic heterocycles. The molecule has 0 aliphatic carbocycles. The highest BCUT2D eigenvalue weighted by molar-refractivity contribution is 9.10. The zero-order valence-electron chi connectivity index (χ0n) is 11.9. The monoisotopic (exact) mass is 352 g/mol. The van der Waals surface area contributed by atoms with Crippen LogP contribution in [0, 0.1) is 5.92 Å². The van der Waals surface area contributed by atoms with E-state index in [-0.39, 0.29) is 0 Å². The van der Waals surface area contributed by atoms with Gasteiger partial charge in [0.05, 0.1) is 23.5 Å². The lowest BCUT2D eigenvalue weighted by Gasteiger charge is -2.17. The van der Waals surface area contributed by atoms with Crippen molar-refractivity contribution in [2.24, 2.45) is 5.92 Å². The first-order chi connectivity index (χ1) is 9.97. The SMILES string of the molecule is CC(CN(C)Cc1cn(-c2ccccc2Br)nn1)C(=O)O. The summed E-state index contributed by atoms with van der Waals surface area (Å²) in [6.07, 6.45) is 1.85. The van der Waals surface area contributed by atoms with Crippen molar-refractivity contribution in [2.45, 2.75) is 13.5 Å². The van der Waals surface area contributed by atoms with Crippen molar-refractivity contribution in [1.29, 1.82) is 0 Å². The molecule has 0 spiro atoms. The van der Waals surface area contributed by atoms with Crippen LogP contribution in [0.3, 0.4) is 0 Å². The Morgan fingerprint density at radius 3 is 2.86 bits per heavy atom. The predicted molar refractivity (Wildman–Crippen MR) is 82.2 cm³/mol. The van der Waals surface area contributed by atoms with E-state index in [9.17, 15) is 4.79 Å². The molecule has 0 fully saturated rings. The molecule has 112 valence electrons. The molecule has 0 saturated heterocycles. The maximum absolute atomic E-state index is 10.8. The van der Waals surface area contributed by atoms with Gasteiger partial charge in [-0.25, -0.2) is 4.68 Å². The maximum atomic E-state index is 10.8. The van der Waals surface area contributed by atoms with Crippen LogP contribution in [0.25, 0.3) is 5.69 Å². The summed E-state index contributed by atoms with van der Waals surface area (Å²) in [7, 11) is 1.87. The van der Waals surface area contributed by atoms with Gasteiger partial charge in [-0.3, -0.25) is 9.69 Å². The number of carboxylic acids is 1. The number of rotatable bonds is 6. The van der Waals surface area contributed by atoms with Crippen LogP contribution in [0.15, 0.2) is 34.9 Å². The minimum absolute atomic E-state index is 0.409. The number of nitrogens with zero attached hydrogens (tertiary/aromatic N) is 4. The molecule has 1 aromatic heterocycles. The second-order valence-electron chi connectivity index (χ2n) is 5.04. The number of carbonyl (C=O) groups is 1. The average Bonchev–Trinajstić information content (AvgIpc) is 2.87. The van der Waals surface area contributed by atoms with Crippen LogP contribution in [-0.4, -0.2) is 44.6 Å². The zero-order chi connectivity index (χ0) is 15.4. The number of carboxylic acid groups (broad SMARTS) is 1. The van der Waals surface area contributed by atoms with Gasteiger partial charge in [0.2, 0.25) is 0 Å². The van der Waals surface area contributed by atoms with Gasteiger partial charge in [-0.1, -0.05) is 24.3 Å². The highest BCUT2D eigenvalue weighted by Gasteiger charge is 2.15. The second kappa shape index (κ2) is 6.82. The molecule has 0 saturated carbocycles. The van der Waals surface area contributed by atoms with E-state index in [0.717, 1.165) is 15.9 Å². The minimum Gasteiger partial charge on any atom is -0.481 e. The van der Waals surface area contributed by atoms with E-state index in [2.05, 4.69) is 26.2 Å². The van der Waals surface area contributed by atoms with Gasteiger partial charge in [-0.05, 0) is 35.1 Å². The van der Waals surface area contributed by atoms with Crippen molar-refractivity contribution in [2.75, 3.05) is 13.6 Å². The average molecular weight is 353 g/mol. The zero-order valence-corrected chi connectivity index (χ0v) is 13.5. The van der Waals surface area contributed by atoms with Crippen LogP contribution in [0.2, 0.25) is 0 Å². The van der Waals surface area contributed by atoms with Gasteiger partial charge in [0, 0.05) is 17.6 Å². The van der Waals surface area contributed by atoms with Gasteiger partial charge in [0.15, 0.2) is 0 Å². The number of aromatic nitrogens is 3. The van der Waals surface area contributed by atoms with Gasteiger partial charge in [0.25, 0.3) is 0 Å². The second-order valence-corrected chi connectivity index (χ2v) is 5.90. The summed E-state index contributed by atoms with van der Waals surface area (Å²) in [5, 5.41) is 17.2. The summed E-state index contributed by atoms with van der Waals surface area (Å²) in [5.74, 6) is -1.20. The number of hydrogen-bond donors (Lipinski definition) is 1. The Morgan fingerprint density at radius 2 is 2.19 bits per heavy atom. The van der Waals surface area contributed by atoms with E-state index in [0.29, 0.717) is 13.1 Å². The molecule has 1 atom stereocenters. The van der Waals surface area contributed by atoms with Crippen molar-refractivity contribution in [3.05, 3.63) is 40.6 Å². The molecule has 7 heteroatoms.